The molecule has 0 N–H and O–H groups in total. The summed E-state index contributed by atoms with van der Waals surface area (Å²) in [5.74, 6) is 1.63. The van der Waals surface area contributed by atoms with Gasteiger partial charge in [0.2, 0.25) is 0 Å². The van der Waals surface area contributed by atoms with Gasteiger partial charge in [0.15, 0.2) is 0 Å². The standard InChI is InChI=1S/C33H49P/c1-23(2)28-21-22-29(24(3)4)33(32(28)25(5)6)30-19-13-14-20-31(30)34(26-15-9-7-10-16-26)27-17-11-8-12-18-27/h13-14,19-27H,7-12,15-18H2,1-6H3. The van der Waals surface area contributed by atoms with E-state index >= 15 is 0 Å². The van der Waals surface area contributed by atoms with Crippen LogP contribution < -0.4 is 5.30 Å². The molecule has 0 spiro atoms. The molecule has 0 heterocycles. The fourth-order valence-electron chi connectivity index (χ4n) is 6.88. The first-order chi connectivity index (χ1) is 16.4. The molecule has 0 atom stereocenters. The van der Waals surface area contributed by atoms with Crippen molar-refractivity contribution in [1.29, 1.82) is 0 Å². The van der Waals surface area contributed by atoms with Gasteiger partial charge in [0, 0.05) is 0 Å². The summed E-state index contributed by atoms with van der Waals surface area (Å²) < 4.78 is 0. The maximum absolute atomic E-state index is 2.57. The van der Waals surface area contributed by atoms with Gasteiger partial charge in [-0.05, 0) is 87.9 Å². The van der Waals surface area contributed by atoms with Crippen LogP contribution in [0.1, 0.15) is 140 Å². The van der Waals surface area contributed by atoms with E-state index < -0.39 is 0 Å². The SMILES string of the molecule is CC(C)c1ccc(C(C)C)c(C(C)C)c1-c1ccccc1P(C1CCCCC1)C1CCCCC1. The molecule has 0 unspecified atom stereocenters. The molecule has 2 aliphatic carbocycles. The number of benzene rings is 2. The minimum absolute atomic E-state index is 0.125. The van der Waals surface area contributed by atoms with Crippen molar-refractivity contribution in [3.8, 4) is 11.1 Å². The van der Waals surface area contributed by atoms with Crippen LogP contribution >= 0.6 is 7.92 Å². The normalized spacial score (nSPS) is 18.5. The zero-order valence-electron chi connectivity index (χ0n) is 22.9. The fourth-order valence-corrected chi connectivity index (χ4v) is 10.8. The molecule has 4 rings (SSSR count). The van der Waals surface area contributed by atoms with E-state index in [0.29, 0.717) is 17.8 Å². The van der Waals surface area contributed by atoms with Crippen LogP contribution in [0.15, 0.2) is 36.4 Å². The van der Waals surface area contributed by atoms with Gasteiger partial charge in [-0.15, -0.1) is 0 Å². The van der Waals surface area contributed by atoms with Gasteiger partial charge in [-0.25, -0.2) is 0 Å². The molecular weight excluding hydrogens is 427 g/mol. The zero-order valence-corrected chi connectivity index (χ0v) is 23.8. The van der Waals surface area contributed by atoms with Gasteiger partial charge < -0.3 is 0 Å². The molecule has 186 valence electrons. The largest absolute Gasteiger partial charge is 0.0683 e. The molecule has 2 aromatic carbocycles. The summed E-state index contributed by atoms with van der Waals surface area (Å²) in [5, 5.41) is 1.75. The minimum atomic E-state index is -0.125. The van der Waals surface area contributed by atoms with Crippen molar-refractivity contribution in [2.45, 2.75) is 135 Å². The van der Waals surface area contributed by atoms with Crippen molar-refractivity contribution in [1.82, 2.24) is 0 Å². The smallest absolute Gasteiger partial charge is 0.0101 e. The second kappa shape index (κ2) is 11.7. The van der Waals surface area contributed by atoms with Gasteiger partial charge in [-0.3, -0.25) is 0 Å². The van der Waals surface area contributed by atoms with Crippen LogP contribution in [0.5, 0.6) is 0 Å². The average molecular weight is 477 g/mol. The van der Waals surface area contributed by atoms with Crippen molar-refractivity contribution in [2.24, 2.45) is 0 Å². The molecule has 2 saturated carbocycles. The lowest BCUT2D eigenvalue weighted by Crippen LogP contribution is -2.27. The first-order valence-corrected chi connectivity index (χ1v) is 15.9. The van der Waals surface area contributed by atoms with Crippen molar-refractivity contribution in [2.75, 3.05) is 0 Å². The molecule has 0 amide bonds. The maximum Gasteiger partial charge on any atom is -0.0101 e. The summed E-state index contributed by atoms with van der Waals surface area (Å²) in [7, 11) is -0.125. The summed E-state index contributed by atoms with van der Waals surface area (Å²) >= 11 is 0. The van der Waals surface area contributed by atoms with E-state index in [9.17, 15) is 0 Å². The number of hydrogen-bond donors (Lipinski definition) is 0. The molecule has 2 aliphatic rings. The predicted molar refractivity (Wildman–Crippen MR) is 154 cm³/mol. The summed E-state index contributed by atoms with van der Waals surface area (Å²) in [4.78, 5) is 0. The molecular formula is C33H49P. The second-order valence-electron chi connectivity index (χ2n) is 12.0. The van der Waals surface area contributed by atoms with E-state index in [1.54, 1.807) is 33.1 Å². The highest BCUT2D eigenvalue weighted by Gasteiger charge is 2.34. The van der Waals surface area contributed by atoms with E-state index in [-0.39, 0.29) is 7.92 Å². The molecule has 2 fully saturated rings. The molecule has 0 radical (unpaired) electrons. The van der Waals surface area contributed by atoms with Crippen molar-refractivity contribution < 1.29 is 0 Å². The lowest BCUT2D eigenvalue weighted by molar-refractivity contribution is 0.487. The van der Waals surface area contributed by atoms with Gasteiger partial charge in [-0.1, -0.05) is 124 Å². The Morgan fingerprint density at radius 2 is 1.09 bits per heavy atom. The quantitative estimate of drug-likeness (QED) is 0.349. The minimum Gasteiger partial charge on any atom is -0.0683 e. The van der Waals surface area contributed by atoms with Crippen LogP contribution in [0.25, 0.3) is 11.1 Å². The Bertz CT molecular complexity index is 908. The number of hydrogen-bond acceptors (Lipinski definition) is 0. The van der Waals surface area contributed by atoms with Crippen LogP contribution in [0.4, 0.5) is 0 Å². The molecule has 0 bridgehead atoms. The second-order valence-corrected chi connectivity index (χ2v) is 14.8. The van der Waals surface area contributed by atoms with Crippen LogP contribution in [-0.2, 0) is 0 Å². The van der Waals surface area contributed by atoms with Crippen LogP contribution in [-0.4, -0.2) is 11.3 Å². The Morgan fingerprint density at radius 3 is 1.59 bits per heavy atom. The molecule has 0 aromatic heterocycles. The van der Waals surface area contributed by atoms with Crippen LogP contribution in [0.2, 0.25) is 0 Å². The summed E-state index contributed by atoms with van der Waals surface area (Å²) in [6.45, 7) is 14.4. The van der Waals surface area contributed by atoms with E-state index in [0.717, 1.165) is 11.3 Å². The highest BCUT2D eigenvalue weighted by atomic mass is 31.1. The molecule has 0 saturated heterocycles. The van der Waals surface area contributed by atoms with Crippen molar-refractivity contribution in [3.05, 3.63) is 53.1 Å². The molecule has 34 heavy (non-hydrogen) atoms. The van der Waals surface area contributed by atoms with Crippen molar-refractivity contribution >= 4 is 13.2 Å². The van der Waals surface area contributed by atoms with Crippen molar-refractivity contribution in [3.63, 3.8) is 0 Å². The Balaban J connectivity index is 1.94. The van der Waals surface area contributed by atoms with E-state index in [1.807, 2.05) is 0 Å². The Labute approximate surface area is 212 Å². The monoisotopic (exact) mass is 476 g/mol. The van der Waals surface area contributed by atoms with E-state index in [2.05, 4.69) is 77.9 Å². The Hall–Kier alpha value is -1.13. The third-order valence-electron chi connectivity index (χ3n) is 8.52. The lowest BCUT2D eigenvalue weighted by atomic mass is 9.80. The summed E-state index contributed by atoms with van der Waals surface area (Å²) in [6.07, 6.45) is 14.6. The molecule has 0 aliphatic heterocycles. The highest BCUT2D eigenvalue weighted by Crippen LogP contribution is 2.57. The molecule has 0 nitrogen and oxygen atoms in total. The lowest BCUT2D eigenvalue weighted by Gasteiger charge is -2.40. The zero-order chi connectivity index (χ0) is 24.2. The fraction of sp³-hybridized carbons (Fsp3) is 0.636. The van der Waals surface area contributed by atoms with Gasteiger partial charge >= 0.3 is 0 Å². The van der Waals surface area contributed by atoms with Crippen LogP contribution in [0, 0.1) is 0 Å². The van der Waals surface area contributed by atoms with Gasteiger partial charge in [-0.2, -0.15) is 0 Å². The first kappa shape index (κ1) is 25.9. The maximum atomic E-state index is 2.57. The molecule has 2 aromatic rings. The Kier molecular flexibility index (Phi) is 8.96. The molecule has 1 heteroatoms. The average Bonchev–Trinajstić information content (AvgIpc) is 2.85. The van der Waals surface area contributed by atoms with E-state index in [4.69, 9.17) is 0 Å². The predicted octanol–water partition coefficient (Wildman–Crippen LogP) is 10.5. The summed E-state index contributed by atoms with van der Waals surface area (Å²) in [5.41, 5.74) is 9.81. The van der Waals surface area contributed by atoms with Gasteiger partial charge in [0.25, 0.3) is 0 Å². The first-order valence-electron chi connectivity index (χ1n) is 14.4. The van der Waals surface area contributed by atoms with Gasteiger partial charge in [0.05, 0.1) is 0 Å². The van der Waals surface area contributed by atoms with Crippen LogP contribution in [0.3, 0.4) is 0 Å². The summed E-state index contributed by atoms with van der Waals surface area (Å²) in [6, 6.07) is 14.7. The third-order valence-corrected chi connectivity index (χ3v) is 12.1. The highest BCUT2D eigenvalue weighted by molar-refractivity contribution is 7.67. The topological polar surface area (TPSA) is 0 Å². The number of rotatable bonds is 7. The van der Waals surface area contributed by atoms with Gasteiger partial charge in [0.1, 0.15) is 0 Å². The van der Waals surface area contributed by atoms with E-state index in [1.165, 1.54) is 64.2 Å². The third kappa shape index (κ3) is 5.48. The Morgan fingerprint density at radius 1 is 0.588 bits per heavy atom.